The van der Waals surface area contributed by atoms with Crippen molar-refractivity contribution in [2.75, 3.05) is 26.2 Å². The number of ether oxygens (including phenoxy) is 1. The van der Waals surface area contributed by atoms with Crippen LogP contribution in [0, 0.1) is 5.92 Å². The molecule has 1 aromatic carbocycles. The highest BCUT2D eigenvalue weighted by molar-refractivity contribution is 5.97. The standard InChI is InChI=1S/C26H23F3N6O6/c27-26(28,29)21-18(13-40-32-21)19-12-31-22-23(30-3-4-35(19)22)41-16-1-2-17(20(37)11-16)25(39)34-7-5-33(6-8-34)24(38)14-9-15(36)10-14/h1-4,11-15,36-37H,5-10H2/t14-,15+. The first-order chi connectivity index (χ1) is 19.6. The Morgan fingerprint density at radius 3 is 2.49 bits per heavy atom. The van der Waals surface area contributed by atoms with Crippen molar-refractivity contribution in [3.63, 3.8) is 0 Å². The van der Waals surface area contributed by atoms with Crippen LogP contribution in [-0.4, -0.2) is 83.6 Å². The number of aromatic hydroxyl groups is 1. The van der Waals surface area contributed by atoms with Crippen LogP contribution in [0.3, 0.4) is 0 Å². The molecule has 0 spiro atoms. The van der Waals surface area contributed by atoms with Crippen LogP contribution in [0.25, 0.3) is 16.9 Å². The number of carbonyl (C=O) groups is 2. The number of nitrogens with zero attached hydrogens (tertiary/aromatic N) is 6. The molecule has 4 heterocycles. The van der Waals surface area contributed by atoms with Crippen molar-refractivity contribution in [1.82, 2.24) is 29.3 Å². The number of phenolic OH excluding ortho intramolecular Hbond substituents is 1. The second kappa shape index (κ2) is 10.1. The van der Waals surface area contributed by atoms with E-state index in [4.69, 9.17) is 4.74 Å². The van der Waals surface area contributed by atoms with Crippen molar-refractivity contribution in [2.24, 2.45) is 5.92 Å². The van der Waals surface area contributed by atoms with Gasteiger partial charge in [0, 0.05) is 50.6 Å². The molecule has 1 aliphatic heterocycles. The number of aliphatic hydroxyl groups excluding tert-OH is 1. The van der Waals surface area contributed by atoms with Crippen LogP contribution in [0.4, 0.5) is 13.2 Å². The number of alkyl halides is 3. The van der Waals surface area contributed by atoms with Gasteiger partial charge >= 0.3 is 6.18 Å². The van der Waals surface area contributed by atoms with Crippen molar-refractivity contribution >= 4 is 17.5 Å². The molecule has 3 aromatic heterocycles. The van der Waals surface area contributed by atoms with Gasteiger partial charge in [-0.2, -0.15) is 13.2 Å². The third-order valence-electron chi connectivity index (χ3n) is 7.26. The monoisotopic (exact) mass is 572 g/mol. The van der Waals surface area contributed by atoms with Crippen LogP contribution in [0.15, 0.2) is 47.6 Å². The Balaban J connectivity index is 1.15. The SMILES string of the molecule is O=C(c1ccc(Oc2nccn3c(-c4conc4C(F)(F)F)cnc23)cc1O)N1CCN(C(=O)[C@H]2C[C@@H](O)C2)CC1. The summed E-state index contributed by atoms with van der Waals surface area (Å²) in [6, 6.07) is 4.07. The van der Waals surface area contributed by atoms with Gasteiger partial charge in [-0.15, -0.1) is 0 Å². The number of rotatable bonds is 5. The number of aromatic nitrogens is 4. The maximum atomic E-state index is 13.3. The second-order valence-corrected chi connectivity index (χ2v) is 9.86. The van der Waals surface area contributed by atoms with Crippen LogP contribution in [0.5, 0.6) is 17.4 Å². The summed E-state index contributed by atoms with van der Waals surface area (Å²) in [6.45, 7) is 1.32. The molecule has 0 radical (unpaired) electrons. The van der Waals surface area contributed by atoms with E-state index in [0.717, 1.165) is 6.26 Å². The highest BCUT2D eigenvalue weighted by Gasteiger charge is 2.39. The largest absolute Gasteiger partial charge is 0.507 e. The van der Waals surface area contributed by atoms with Gasteiger partial charge in [-0.1, -0.05) is 5.16 Å². The molecule has 12 nitrogen and oxygen atoms in total. The van der Waals surface area contributed by atoms with Crippen LogP contribution in [0.2, 0.25) is 0 Å². The van der Waals surface area contributed by atoms with Crippen LogP contribution in [0.1, 0.15) is 28.9 Å². The number of carbonyl (C=O) groups excluding carboxylic acids is 2. The number of amides is 2. The Morgan fingerprint density at radius 2 is 1.80 bits per heavy atom. The summed E-state index contributed by atoms with van der Waals surface area (Å²) in [5.74, 6) is -0.873. The van der Waals surface area contributed by atoms with Gasteiger partial charge in [-0.05, 0) is 25.0 Å². The van der Waals surface area contributed by atoms with Crippen molar-refractivity contribution in [2.45, 2.75) is 25.1 Å². The first kappa shape index (κ1) is 26.6. The molecule has 1 saturated carbocycles. The van der Waals surface area contributed by atoms with Crippen molar-refractivity contribution in [1.29, 1.82) is 0 Å². The van der Waals surface area contributed by atoms with Gasteiger partial charge in [0.15, 0.2) is 5.69 Å². The van der Waals surface area contributed by atoms with E-state index < -0.39 is 23.9 Å². The highest BCUT2D eigenvalue weighted by atomic mass is 19.4. The maximum absolute atomic E-state index is 13.3. The summed E-state index contributed by atoms with van der Waals surface area (Å²) < 4.78 is 51.6. The predicted molar refractivity (Wildman–Crippen MR) is 133 cm³/mol. The summed E-state index contributed by atoms with van der Waals surface area (Å²) in [7, 11) is 0. The molecule has 214 valence electrons. The Morgan fingerprint density at radius 1 is 1.07 bits per heavy atom. The molecule has 15 heteroatoms. The zero-order valence-corrected chi connectivity index (χ0v) is 21.3. The summed E-state index contributed by atoms with van der Waals surface area (Å²) in [4.78, 5) is 37.1. The molecule has 2 fully saturated rings. The van der Waals surface area contributed by atoms with Crippen LogP contribution >= 0.6 is 0 Å². The lowest BCUT2D eigenvalue weighted by atomic mass is 9.81. The minimum atomic E-state index is -4.74. The summed E-state index contributed by atoms with van der Waals surface area (Å²) >= 11 is 0. The zero-order valence-electron chi connectivity index (χ0n) is 21.3. The lowest BCUT2D eigenvalue weighted by Gasteiger charge is -2.39. The molecular formula is C26H23F3N6O6. The molecule has 2 aliphatic rings. The smallest absolute Gasteiger partial charge is 0.437 e. The second-order valence-electron chi connectivity index (χ2n) is 9.86. The Kier molecular flexibility index (Phi) is 6.52. The minimum Gasteiger partial charge on any atom is -0.507 e. The highest BCUT2D eigenvalue weighted by Crippen LogP contribution is 2.37. The topological polar surface area (TPSA) is 147 Å². The Bertz CT molecular complexity index is 1620. The van der Waals surface area contributed by atoms with E-state index in [1.54, 1.807) is 9.80 Å². The molecule has 0 unspecified atom stereocenters. The third kappa shape index (κ3) is 4.92. The summed E-state index contributed by atoms with van der Waals surface area (Å²) in [5.41, 5.74) is -1.32. The number of aliphatic hydroxyl groups is 1. The molecule has 1 aliphatic carbocycles. The average molecular weight is 573 g/mol. The molecular weight excluding hydrogens is 549 g/mol. The van der Waals surface area contributed by atoms with Gasteiger partial charge in [0.2, 0.25) is 11.6 Å². The quantitative estimate of drug-likeness (QED) is 0.369. The van der Waals surface area contributed by atoms with Crippen molar-refractivity contribution < 1.29 is 42.2 Å². The van der Waals surface area contributed by atoms with Gasteiger partial charge in [0.25, 0.3) is 11.8 Å². The van der Waals surface area contributed by atoms with Gasteiger partial charge in [0.05, 0.1) is 29.1 Å². The molecule has 6 rings (SSSR count). The fourth-order valence-corrected chi connectivity index (χ4v) is 5.00. The van der Waals surface area contributed by atoms with E-state index in [1.165, 1.54) is 41.2 Å². The van der Waals surface area contributed by atoms with Gasteiger partial charge in [-0.3, -0.25) is 14.0 Å². The average Bonchev–Trinajstić information content (AvgIpc) is 3.59. The zero-order chi connectivity index (χ0) is 28.9. The number of halogens is 3. The number of hydrogen-bond acceptors (Lipinski definition) is 9. The summed E-state index contributed by atoms with van der Waals surface area (Å²) in [6.07, 6.45) is 0.560. The van der Waals surface area contributed by atoms with Crippen LogP contribution in [-0.2, 0) is 11.0 Å². The molecule has 0 atom stereocenters. The van der Waals surface area contributed by atoms with E-state index >= 15 is 0 Å². The van der Waals surface area contributed by atoms with E-state index in [1.807, 2.05) is 0 Å². The minimum absolute atomic E-state index is 0.0119. The van der Waals surface area contributed by atoms with Gasteiger partial charge < -0.3 is 29.3 Å². The molecule has 4 aromatic rings. The van der Waals surface area contributed by atoms with E-state index in [-0.39, 0.29) is 51.7 Å². The third-order valence-corrected chi connectivity index (χ3v) is 7.26. The number of fused-ring (bicyclic) bond motifs is 1. The number of piperazine rings is 1. The Hall–Kier alpha value is -4.66. The Labute approximate surface area is 229 Å². The molecule has 1 saturated heterocycles. The lowest BCUT2D eigenvalue weighted by molar-refractivity contribution is -0.144. The number of imidazole rings is 1. The predicted octanol–water partition coefficient (Wildman–Crippen LogP) is 2.96. The van der Waals surface area contributed by atoms with E-state index in [9.17, 15) is 33.0 Å². The summed E-state index contributed by atoms with van der Waals surface area (Å²) in [5, 5.41) is 23.1. The van der Waals surface area contributed by atoms with Crippen LogP contribution < -0.4 is 4.74 Å². The molecule has 41 heavy (non-hydrogen) atoms. The van der Waals surface area contributed by atoms with E-state index in [0.29, 0.717) is 39.0 Å². The fourth-order valence-electron chi connectivity index (χ4n) is 5.00. The van der Waals surface area contributed by atoms with Crippen molar-refractivity contribution in [3.05, 3.63) is 54.3 Å². The van der Waals surface area contributed by atoms with Gasteiger partial charge in [-0.25, -0.2) is 9.97 Å². The fraction of sp³-hybridized carbons (Fsp3) is 0.346. The number of phenols is 1. The first-order valence-electron chi connectivity index (χ1n) is 12.7. The number of benzene rings is 1. The van der Waals surface area contributed by atoms with Crippen molar-refractivity contribution in [3.8, 4) is 28.6 Å². The number of hydrogen-bond donors (Lipinski definition) is 2. The normalized spacial score (nSPS) is 19.3. The molecule has 2 amide bonds. The lowest BCUT2D eigenvalue weighted by Crippen LogP contribution is -2.53. The van der Waals surface area contributed by atoms with E-state index in [2.05, 4.69) is 19.6 Å². The van der Waals surface area contributed by atoms with Gasteiger partial charge in [0.1, 0.15) is 17.8 Å². The first-order valence-corrected chi connectivity index (χ1v) is 12.7. The maximum Gasteiger partial charge on any atom is 0.437 e. The molecule has 0 bridgehead atoms. The molecule has 2 N–H and O–H groups in total.